The van der Waals surface area contributed by atoms with Gasteiger partial charge in [-0.05, 0) is 22.9 Å². The minimum atomic E-state index is 0.559. The van der Waals surface area contributed by atoms with Crippen molar-refractivity contribution in [2.24, 2.45) is 0 Å². The van der Waals surface area contributed by atoms with Crippen LogP contribution in [0.15, 0.2) is 44.7 Å². The summed E-state index contributed by atoms with van der Waals surface area (Å²) in [6.07, 6.45) is 0.774. The van der Waals surface area contributed by atoms with E-state index >= 15 is 0 Å². The Morgan fingerprint density at radius 1 is 1.13 bits per heavy atom. The highest BCUT2D eigenvalue weighted by molar-refractivity contribution is 7.98. The number of hydrogen-bond donors (Lipinski definition) is 1. The molecule has 0 saturated carbocycles. The Morgan fingerprint density at radius 3 is 2.87 bits per heavy atom. The lowest BCUT2D eigenvalue weighted by Crippen LogP contribution is -1.87. The molecule has 116 valence electrons. The maximum absolute atomic E-state index is 5.26. The van der Waals surface area contributed by atoms with Gasteiger partial charge in [-0.3, -0.25) is 5.10 Å². The van der Waals surface area contributed by atoms with Crippen molar-refractivity contribution in [2.45, 2.75) is 17.3 Å². The molecule has 23 heavy (non-hydrogen) atoms. The normalized spacial score (nSPS) is 11.1. The SMILES string of the molecule is c1csc(Cc2nc(SCc3noc(-c4cccs4)n3)n[nH]2)c1. The van der Waals surface area contributed by atoms with Gasteiger partial charge in [0.1, 0.15) is 5.82 Å². The fourth-order valence-corrected chi connectivity index (χ4v) is 3.96. The third kappa shape index (κ3) is 3.52. The highest BCUT2D eigenvalue weighted by Gasteiger charge is 2.11. The van der Waals surface area contributed by atoms with Gasteiger partial charge < -0.3 is 4.52 Å². The molecule has 6 nitrogen and oxygen atoms in total. The molecular weight excluding hydrogens is 350 g/mol. The number of aromatic amines is 1. The highest BCUT2D eigenvalue weighted by Crippen LogP contribution is 2.24. The second-order valence-corrected chi connectivity index (χ2v) is 7.52. The average molecular weight is 361 g/mol. The monoisotopic (exact) mass is 361 g/mol. The van der Waals surface area contributed by atoms with Gasteiger partial charge in [-0.2, -0.15) is 4.98 Å². The van der Waals surface area contributed by atoms with E-state index in [-0.39, 0.29) is 0 Å². The molecule has 0 amide bonds. The Hall–Kier alpha value is -1.97. The quantitative estimate of drug-likeness (QED) is 0.525. The first-order valence-corrected chi connectivity index (χ1v) is 9.54. The minimum Gasteiger partial charge on any atom is -0.333 e. The van der Waals surface area contributed by atoms with Gasteiger partial charge in [0, 0.05) is 11.3 Å². The molecule has 0 spiro atoms. The van der Waals surface area contributed by atoms with Gasteiger partial charge in [-0.1, -0.05) is 29.1 Å². The van der Waals surface area contributed by atoms with Crippen LogP contribution in [0.3, 0.4) is 0 Å². The largest absolute Gasteiger partial charge is 0.333 e. The first-order valence-electron chi connectivity index (χ1n) is 6.80. The number of hydrogen-bond acceptors (Lipinski definition) is 8. The summed E-state index contributed by atoms with van der Waals surface area (Å²) in [7, 11) is 0. The summed E-state index contributed by atoms with van der Waals surface area (Å²) < 4.78 is 5.26. The van der Waals surface area contributed by atoms with Crippen LogP contribution in [0, 0.1) is 0 Å². The molecule has 0 saturated heterocycles. The van der Waals surface area contributed by atoms with E-state index in [0.29, 0.717) is 22.6 Å². The molecule has 0 unspecified atom stereocenters. The molecule has 0 bridgehead atoms. The molecule has 0 radical (unpaired) electrons. The summed E-state index contributed by atoms with van der Waals surface area (Å²) in [6.45, 7) is 0. The van der Waals surface area contributed by atoms with Gasteiger partial charge in [-0.15, -0.1) is 27.8 Å². The first kappa shape index (κ1) is 14.6. The third-order valence-electron chi connectivity index (χ3n) is 2.96. The summed E-state index contributed by atoms with van der Waals surface area (Å²) in [5.74, 6) is 2.64. The fraction of sp³-hybridized carbons (Fsp3) is 0.143. The number of H-pyrrole nitrogens is 1. The van der Waals surface area contributed by atoms with Crippen molar-refractivity contribution in [3.05, 3.63) is 51.6 Å². The van der Waals surface area contributed by atoms with Crippen LogP contribution in [-0.4, -0.2) is 25.3 Å². The van der Waals surface area contributed by atoms with Crippen molar-refractivity contribution in [2.75, 3.05) is 0 Å². The van der Waals surface area contributed by atoms with E-state index in [2.05, 4.69) is 36.8 Å². The van der Waals surface area contributed by atoms with Crippen LogP contribution in [0.1, 0.15) is 16.5 Å². The molecule has 0 aromatic carbocycles. The summed E-state index contributed by atoms with van der Waals surface area (Å²) >= 11 is 4.78. The number of thiophene rings is 2. The molecule has 4 aromatic rings. The Kier molecular flexibility index (Phi) is 4.22. The van der Waals surface area contributed by atoms with Crippen molar-refractivity contribution in [3.63, 3.8) is 0 Å². The van der Waals surface area contributed by atoms with Gasteiger partial charge >= 0.3 is 0 Å². The van der Waals surface area contributed by atoms with E-state index in [4.69, 9.17) is 4.52 Å². The zero-order chi connectivity index (χ0) is 15.5. The Balaban J connectivity index is 1.37. The topological polar surface area (TPSA) is 80.5 Å². The van der Waals surface area contributed by atoms with Gasteiger partial charge in [0.25, 0.3) is 5.89 Å². The zero-order valence-corrected chi connectivity index (χ0v) is 14.2. The van der Waals surface area contributed by atoms with E-state index in [1.165, 1.54) is 16.6 Å². The van der Waals surface area contributed by atoms with Crippen molar-refractivity contribution in [1.29, 1.82) is 0 Å². The van der Waals surface area contributed by atoms with E-state index in [1.54, 1.807) is 22.7 Å². The molecule has 0 fully saturated rings. The smallest absolute Gasteiger partial charge is 0.268 e. The predicted octanol–water partition coefficient (Wildman–Crippen LogP) is 3.86. The second-order valence-electron chi connectivity index (χ2n) is 4.60. The van der Waals surface area contributed by atoms with Crippen molar-refractivity contribution in [1.82, 2.24) is 25.3 Å². The van der Waals surface area contributed by atoms with E-state index in [9.17, 15) is 0 Å². The van der Waals surface area contributed by atoms with Gasteiger partial charge in [0.15, 0.2) is 5.82 Å². The number of nitrogens with one attached hydrogen (secondary N) is 1. The van der Waals surface area contributed by atoms with Crippen LogP contribution in [-0.2, 0) is 12.2 Å². The molecule has 9 heteroatoms. The Labute approximate surface area is 144 Å². The van der Waals surface area contributed by atoms with E-state index in [0.717, 1.165) is 17.1 Å². The maximum atomic E-state index is 5.26. The molecule has 0 aliphatic heterocycles. The van der Waals surface area contributed by atoms with E-state index in [1.807, 2.05) is 23.6 Å². The van der Waals surface area contributed by atoms with Crippen LogP contribution < -0.4 is 0 Å². The van der Waals surface area contributed by atoms with Crippen LogP contribution >= 0.6 is 34.4 Å². The van der Waals surface area contributed by atoms with Crippen molar-refractivity contribution >= 4 is 34.4 Å². The lowest BCUT2D eigenvalue weighted by atomic mass is 10.3. The molecule has 4 aromatic heterocycles. The maximum Gasteiger partial charge on any atom is 0.268 e. The fourth-order valence-electron chi connectivity index (χ4n) is 1.94. The van der Waals surface area contributed by atoms with Crippen LogP contribution in [0.4, 0.5) is 0 Å². The van der Waals surface area contributed by atoms with Crippen LogP contribution in [0.2, 0.25) is 0 Å². The van der Waals surface area contributed by atoms with Crippen LogP contribution in [0.5, 0.6) is 0 Å². The third-order valence-corrected chi connectivity index (χ3v) is 5.54. The summed E-state index contributed by atoms with van der Waals surface area (Å²) in [5.41, 5.74) is 0. The predicted molar refractivity (Wildman–Crippen MR) is 90.7 cm³/mol. The summed E-state index contributed by atoms with van der Waals surface area (Å²) in [4.78, 5) is 11.1. The van der Waals surface area contributed by atoms with Crippen LogP contribution in [0.25, 0.3) is 10.8 Å². The van der Waals surface area contributed by atoms with Gasteiger partial charge in [0.05, 0.1) is 10.6 Å². The Morgan fingerprint density at radius 2 is 2.04 bits per heavy atom. The summed E-state index contributed by atoms with van der Waals surface area (Å²) in [5, 5.41) is 15.9. The van der Waals surface area contributed by atoms with Gasteiger partial charge in [0.2, 0.25) is 5.16 Å². The lowest BCUT2D eigenvalue weighted by Gasteiger charge is -1.91. The van der Waals surface area contributed by atoms with Crippen molar-refractivity contribution in [3.8, 4) is 10.8 Å². The molecule has 1 N–H and O–H groups in total. The number of aromatic nitrogens is 5. The summed E-state index contributed by atoms with van der Waals surface area (Å²) in [6, 6.07) is 8.04. The second kappa shape index (κ2) is 6.65. The highest BCUT2D eigenvalue weighted by atomic mass is 32.2. The van der Waals surface area contributed by atoms with Gasteiger partial charge in [-0.25, -0.2) is 4.98 Å². The lowest BCUT2D eigenvalue weighted by molar-refractivity contribution is 0.426. The molecule has 4 heterocycles. The Bertz CT molecular complexity index is 866. The molecule has 0 aliphatic rings. The van der Waals surface area contributed by atoms with E-state index < -0.39 is 0 Å². The molecule has 0 atom stereocenters. The zero-order valence-electron chi connectivity index (χ0n) is 11.8. The first-order chi connectivity index (χ1) is 11.4. The number of nitrogens with zero attached hydrogens (tertiary/aromatic N) is 4. The number of thioether (sulfide) groups is 1. The van der Waals surface area contributed by atoms with Crippen molar-refractivity contribution < 1.29 is 4.52 Å². The molecule has 4 rings (SSSR count). The molecule has 0 aliphatic carbocycles. The minimum absolute atomic E-state index is 0.559. The standard InChI is InChI=1S/C14H11N5OS3/c1-3-9(21-5-1)7-11-16-14(18-17-11)23-8-12-15-13(20-19-12)10-4-2-6-22-10/h1-6H,7-8H2,(H,16,17,18). The molecular formula is C14H11N5OS3. The number of rotatable bonds is 6. The average Bonchev–Trinajstić information content (AvgIpc) is 3.33.